The van der Waals surface area contributed by atoms with E-state index in [0.717, 1.165) is 11.1 Å². The average molecular weight is 586 g/mol. The van der Waals surface area contributed by atoms with E-state index in [2.05, 4.69) is 10.6 Å². The van der Waals surface area contributed by atoms with Gasteiger partial charge in [-0.1, -0.05) is 60.7 Å². The Morgan fingerprint density at radius 1 is 0.786 bits per heavy atom. The lowest BCUT2D eigenvalue weighted by molar-refractivity contribution is -0.139. The molecule has 0 unspecified atom stereocenters. The molecule has 2 aromatic carbocycles. The molecule has 3 amide bonds. The fraction of sp³-hybridized carbons (Fsp3) is 0.484. The smallest absolute Gasteiger partial charge is 0.410 e. The van der Waals surface area contributed by atoms with Gasteiger partial charge in [-0.05, 0) is 64.0 Å². The maximum Gasteiger partial charge on any atom is 0.410 e. The van der Waals surface area contributed by atoms with Crippen LogP contribution in [0.25, 0.3) is 0 Å². The molecular weight excluding hydrogens is 542 g/mol. The van der Waals surface area contributed by atoms with E-state index >= 15 is 0 Å². The Morgan fingerprint density at radius 3 is 1.88 bits per heavy atom. The van der Waals surface area contributed by atoms with Crippen LogP contribution >= 0.6 is 0 Å². The van der Waals surface area contributed by atoms with Gasteiger partial charge in [-0.15, -0.1) is 0 Å². The van der Waals surface area contributed by atoms with Crippen molar-refractivity contribution in [3.63, 3.8) is 0 Å². The molecule has 0 heterocycles. The summed E-state index contributed by atoms with van der Waals surface area (Å²) in [6.45, 7) is 6.53. The highest BCUT2D eigenvalue weighted by atomic mass is 16.6. The van der Waals surface area contributed by atoms with Gasteiger partial charge in [0.2, 0.25) is 0 Å². The van der Waals surface area contributed by atoms with Crippen LogP contribution in [0.2, 0.25) is 0 Å². The standard InChI is InChI=1S/C31H43N3O8/c1-31(2,3)42-29(38)33-26(27(35)36)18-10-12-20-34(30(39)41-23-25-16-8-5-9-17-25)21-13-11-19-32-28(37)40-22-24-14-6-4-7-15-24/h4-9,14-17,26H,10-13,18-23H2,1-3H3,(H,32,37)(H,33,38)(H,35,36)/t26-/m0/s1. The molecule has 2 aromatic rings. The predicted molar refractivity (Wildman–Crippen MR) is 157 cm³/mol. The van der Waals surface area contributed by atoms with E-state index in [4.69, 9.17) is 14.2 Å². The molecule has 0 spiro atoms. The van der Waals surface area contributed by atoms with Crippen molar-refractivity contribution in [1.29, 1.82) is 0 Å². The molecule has 11 heteroatoms. The van der Waals surface area contributed by atoms with Gasteiger partial charge < -0.3 is 34.9 Å². The monoisotopic (exact) mass is 585 g/mol. The number of carbonyl (C=O) groups is 4. The lowest BCUT2D eigenvalue weighted by atomic mass is 10.1. The van der Waals surface area contributed by atoms with Gasteiger partial charge in [-0.25, -0.2) is 19.2 Å². The van der Waals surface area contributed by atoms with Crippen molar-refractivity contribution in [3.05, 3.63) is 71.8 Å². The Kier molecular flexibility index (Phi) is 14.7. The first-order valence-corrected chi connectivity index (χ1v) is 14.2. The number of carbonyl (C=O) groups excluding carboxylic acids is 3. The van der Waals surface area contributed by atoms with E-state index < -0.39 is 35.9 Å². The third-order valence-electron chi connectivity index (χ3n) is 5.96. The fourth-order valence-corrected chi connectivity index (χ4v) is 3.86. The Labute approximate surface area is 247 Å². The van der Waals surface area contributed by atoms with Crippen LogP contribution < -0.4 is 10.6 Å². The first-order chi connectivity index (χ1) is 20.0. The molecular formula is C31H43N3O8. The summed E-state index contributed by atoms with van der Waals surface area (Å²) < 4.78 is 15.9. The largest absolute Gasteiger partial charge is 0.480 e. The molecule has 0 fully saturated rings. The van der Waals surface area contributed by atoms with Crippen LogP contribution in [0.15, 0.2) is 60.7 Å². The number of benzene rings is 2. The summed E-state index contributed by atoms with van der Waals surface area (Å²) in [6.07, 6.45) is 0.576. The zero-order valence-electron chi connectivity index (χ0n) is 24.7. The first kappa shape index (κ1) is 33.9. The molecule has 230 valence electrons. The second-order valence-corrected chi connectivity index (χ2v) is 10.8. The number of unbranched alkanes of at least 4 members (excludes halogenated alkanes) is 2. The molecule has 0 saturated carbocycles. The number of rotatable bonds is 16. The molecule has 42 heavy (non-hydrogen) atoms. The molecule has 2 rings (SSSR count). The molecule has 0 aromatic heterocycles. The van der Waals surface area contributed by atoms with Gasteiger partial charge in [0.15, 0.2) is 0 Å². The minimum Gasteiger partial charge on any atom is -0.480 e. The Bertz CT molecular complexity index is 1110. The van der Waals surface area contributed by atoms with E-state index in [-0.39, 0.29) is 19.6 Å². The topological polar surface area (TPSA) is 144 Å². The molecule has 3 N–H and O–H groups in total. The molecule has 0 aliphatic rings. The summed E-state index contributed by atoms with van der Waals surface area (Å²) in [7, 11) is 0. The number of hydrogen-bond donors (Lipinski definition) is 3. The molecule has 0 aliphatic heterocycles. The highest BCUT2D eigenvalue weighted by Gasteiger charge is 2.24. The zero-order chi connectivity index (χ0) is 30.8. The van der Waals surface area contributed by atoms with Crippen molar-refractivity contribution in [3.8, 4) is 0 Å². The van der Waals surface area contributed by atoms with Crippen molar-refractivity contribution >= 4 is 24.2 Å². The van der Waals surface area contributed by atoms with Crippen LogP contribution in [-0.4, -0.2) is 65.5 Å². The summed E-state index contributed by atoms with van der Waals surface area (Å²) >= 11 is 0. The van der Waals surface area contributed by atoms with Crippen molar-refractivity contribution in [1.82, 2.24) is 15.5 Å². The summed E-state index contributed by atoms with van der Waals surface area (Å²) in [6, 6.07) is 17.6. The van der Waals surface area contributed by atoms with Gasteiger partial charge >= 0.3 is 24.2 Å². The Hall–Kier alpha value is -4.28. The Balaban J connectivity index is 1.79. The number of amides is 3. The Morgan fingerprint density at radius 2 is 1.33 bits per heavy atom. The summed E-state index contributed by atoms with van der Waals surface area (Å²) in [5.74, 6) is -1.16. The molecule has 0 radical (unpaired) electrons. The van der Waals surface area contributed by atoms with Crippen LogP contribution in [0, 0.1) is 0 Å². The number of nitrogens with zero attached hydrogens (tertiary/aromatic N) is 1. The highest BCUT2D eigenvalue weighted by molar-refractivity contribution is 5.80. The van der Waals surface area contributed by atoms with Crippen molar-refractivity contribution in [2.45, 2.75) is 77.7 Å². The van der Waals surface area contributed by atoms with Gasteiger partial charge in [0.1, 0.15) is 24.9 Å². The minimum absolute atomic E-state index is 0.131. The van der Waals surface area contributed by atoms with Gasteiger partial charge in [-0.2, -0.15) is 0 Å². The van der Waals surface area contributed by atoms with Crippen LogP contribution in [-0.2, 0) is 32.2 Å². The summed E-state index contributed by atoms with van der Waals surface area (Å²) in [4.78, 5) is 50.0. The number of hydrogen-bond acceptors (Lipinski definition) is 7. The lowest BCUT2D eigenvalue weighted by Crippen LogP contribution is -2.43. The zero-order valence-corrected chi connectivity index (χ0v) is 24.7. The van der Waals surface area contributed by atoms with Crippen LogP contribution in [0.5, 0.6) is 0 Å². The fourth-order valence-electron chi connectivity index (χ4n) is 3.86. The molecule has 11 nitrogen and oxygen atoms in total. The van der Waals surface area contributed by atoms with E-state index in [9.17, 15) is 24.3 Å². The number of carboxylic acid groups (broad SMARTS) is 1. The number of ether oxygens (including phenoxy) is 3. The van der Waals surface area contributed by atoms with Gasteiger partial charge in [0.25, 0.3) is 0 Å². The molecule has 0 bridgehead atoms. The van der Waals surface area contributed by atoms with Crippen LogP contribution in [0.4, 0.5) is 14.4 Å². The van der Waals surface area contributed by atoms with E-state index in [1.54, 1.807) is 25.7 Å². The van der Waals surface area contributed by atoms with Crippen molar-refractivity contribution < 1.29 is 38.5 Å². The second kappa shape index (κ2) is 18.2. The van der Waals surface area contributed by atoms with Crippen molar-refractivity contribution in [2.75, 3.05) is 19.6 Å². The average Bonchev–Trinajstić information content (AvgIpc) is 2.95. The van der Waals surface area contributed by atoms with E-state index in [0.29, 0.717) is 45.3 Å². The van der Waals surface area contributed by atoms with Gasteiger partial charge in [0, 0.05) is 19.6 Å². The normalized spacial score (nSPS) is 11.6. The predicted octanol–water partition coefficient (Wildman–Crippen LogP) is 5.48. The van der Waals surface area contributed by atoms with Gasteiger partial charge in [0.05, 0.1) is 0 Å². The number of nitrogens with one attached hydrogen (secondary N) is 2. The third-order valence-corrected chi connectivity index (χ3v) is 5.96. The first-order valence-electron chi connectivity index (χ1n) is 14.2. The number of alkyl carbamates (subject to hydrolysis) is 2. The molecule has 1 atom stereocenters. The SMILES string of the molecule is CC(C)(C)OC(=O)N[C@@H](CCCCN(CCCCNC(=O)OCc1ccccc1)C(=O)OCc1ccccc1)C(=O)O. The second-order valence-electron chi connectivity index (χ2n) is 10.8. The lowest BCUT2D eigenvalue weighted by Gasteiger charge is -2.23. The van der Waals surface area contributed by atoms with E-state index in [1.165, 1.54) is 0 Å². The quantitative estimate of drug-likeness (QED) is 0.174. The maximum absolute atomic E-state index is 12.9. The number of carboxylic acids is 1. The molecule has 0 aliphatic carbocycles. The van der Waals surface area contributed by atoms with Crippen molar-refractivity contribution in [2.24, 2.45) is 0 Å². The molecule has 0 saturated heterocycles. The van der Waals surface area contributed by atoms with Gasteiger partial charge in [-0.3, -0.25) is 0 Å². The highest BCUT2D eigenvalue weighted by Crippen LogP contribution is 2.11. The maximum atomic E-state index is 12.9. The number of aliphatic carboxylic acids is 1. The minimum atomic E-state index is -1.16. The summed E-state index contributed by atoms with van der Waals surface area (Å²) in [5.41, 5.74) is 1.01. The van der Waals surface area contributed by atoms with Crippen LogP contribution in [0.1, 0.15) is 64.0 Å². The third kappa shape index (κ3) is 14.9. The summed E-state index contributed by atoms with van der Waals surface area (Å²) in [5, 5.41) is 14.6. The van der Waals surface area contributed by atoms with Crippen LogP contribution in [0.3, 0.4) is 0 Å². The van der Waals surface area contributed by atoms with E-state index in [1.807, 2.05) is 60.7 Å².